The summed E-state index contributed by atoms with van der Waals surface area (Å²) in [4.78, 5) is 28.9. The van der Waals surface area contributed by atoms with Crippen LogP contribution < -0.4 is 15.8 Å². The van der Waals surface area contributed by atoms with Crippen LogP contribution in [0.1, 0.15) is 12.8 Å². The van der Waals surface area contributed by atoms with E-state index < -0.39 is 6.03 Å². The van der Waals surface area contributed by atoms with E-state index in [2.05, 4.69) is 10.3 Å². The third-order valence-corrected chi connectivity index (χ3v) is 3.33. The van der Waals surface area contributed by atoms with Crippen LogP contribution in [-0.2, 0) is 4.79 Å². The van der Waals surface area contributed by atoms with Crippen LogP contribution in [-0.4, -0.2) is 42.0 Å². The molecule has 1 saturated heterocycles. The number of methoxy groups -OCH3 is 1. The molecule has 0 bridgehead atoms. The zero-order valence-corrected chi connectivity index (χ0v) is 11.3. The molecule has 0 aromatic carbocycles. The molecular formula is C13H18N4O3. The zero-order chi connectivity index (χ0) is 14.5. The number of carbonyl (C=O) groups excluding carboxylic acids is 2. The van der Waals surface area contributed by atoms with E-state index in [0.29, 0.717) is 24.7 Å². The Kier molecular flexibility index (Phi) is 4.39. The number of amides is 3. The van der Waals surface area contributed by atoms with E-state index in [1.165, 1.54) is 12.0 Å². The molecule has 1 aliphatic rings. The van der Waals surface area contributed by atoms with Crippen molar-refractivity contribution >= 4 is 17.6 Å². The summed E-state index contributed by atoms with van der Waals surface area (Å²) in [6.07, 6.45) is 3.09. The van der Waals surface area contributed by atoms with Crippen molar-refractivity contribution in [2.75, 3.05) is 25.5 Å². The van der Waals surface area contributed by atoms with Gasteiger partial charge >= 0.3 is 6.03 Å². The third kappa shape index (κ3) is 3.17. The minimum atomic E-state index is -0.485. The first-order chi connectivity index (χ1) is 9.61. The van der Waals surface area contributed by atoms with Gasteiger partial charge in [-0.2, -0.15) is 0 Å². The highest BCUT2D eigenvalue weighted by Gasteiger charge is 2.27. The van der Waals surface area contributed by atoms with E-state index in [0.717, 1.165) is 12.8 Å². The lowest BCUT2D eigenvalue weighted by molar-refractivity contribution is -0.121. The number of hydrogen-bond donors (Lipinski definition) is 2. The molecule has 1 aromatic rings. The largest absolute Gasteiger partial charge is 0.480 e. The molecule has 3 N–H and O–H groups in total. The molecule has 20 heavy (non-hydrogen) atoms. The average Bonchev–Trinajstić information content (AvgIpc) is 2.48. The molecule has 108 valence electrons. The highest BCUT2D eigenvalue weighted by Crippen LogP contribution is 2.23. The number of nitrogens with zero attached hydrogens (tertiary/aromatic N) is 2. The number of rotatable bonds is 3. The summed E-state index contributed by atoms with van der Waals surface area (Å²) in [6, 6.07) is 2.95. The maximum absolute atomic E-state index is 12.2. The van der Waals surface area contributed by atoms with Gasteiger partial charge in [0.2, 0.25) is 11.8 Å². The molecule has 7 nitrogen and oxygen atoms in total. The van der Waals surface area contributed by atoms with E-state index in [1.54, 1.807) is 18.3 Å². The maximum Gasteiger partial charge on any atom is 0.314 e. The first-order valence-electron chi connectivity index (χ1n) is 6.46. The second-order valence-corrected chi connectivity index (χ2v) is 4.67. The first kappa shape index (κ1) is 14.1. The SMILES string of the molecule is COc1ncccc1NC(=O)[C@@H]1CCCN(C(N)=O)C1. The Bertz CT molecular complexity index is 506. The molecular weight excluding hydrogens is 260 g/mol. The van der Waals surface area contributed by atoms with Crippen molar-refractivity contribution in [1.82, 2.24) is 9.88 Å². The number of piperidine rings is 1. The highest BCUT2D eigenvalue weighted by molar-refractivity contribution is 5.94. The summed E-state index contributed by atoms with van der Waals surface area (Å²) in [5.74, 6) is -0.0492. The van der Waals surface area contributed by atoms with Crippen LogP contribution in [0, 0.1) is 5.92 Å². The average molecular weight is 278 g/mol. The fourth-order valence-electron chi connectivity index (χ4n) is 2.27. The number of primary amides is 1. The van der Waals surface area contributed by atoms with Gasteiger partial charge < -0.3 is 20.7 Å². The smallest absolute Gasteiger partial charge is 0.314 e. The number of carbonyl (C=O) groups is 2. The third-order valence-electron chi connectivity index (χ3n) is 3.33. The van der Waals surface area contributed by atoms with Gasteiger partial charge in [0, 0.05) is 19.3 Å². The number of aromatic nitrogens is 1. The van der Waals surface area contributed by atoms with Crippen molar-refractivity contribution in [3.63, 3.8) is 0 Å². The Hall–Kier alpha value is -2.31. The van der Waals surface area contributed by atoms with Crippen molar-refractivity contribution in [3.05, 3.63) is 18.3 Å². The number of hydrogen-bond acceptors (Lipinski definition) is 4. The van der Waals surface area contributed by atoms with Crippen LogP contribution in [0.2, 0.25) is 0 Å². The van der Waals surface area contributed by atoms with Gasteiger partial charge in [0.05, 0.1) is 13.0 Å². The summed E-state index contributed by atoms with van der Waals surface area (Å²) in [7, 11) is 1.49. The van der Waals surface area contributed by atoms with E-state index >= 15 is 0 Å². The molecule has 2 rings (SSSR count). The summed E-state index contributed by atoms with van der Waals surface area (Å²) in [6.45, 7) is 0.957. The van der Waals surface area contributed by atoms with E-state index in [1.807, 2.05) is 0 Å². The molecule has 1 aromatic heterocycles. The monoisotopic (exact) mass is 278 g/mol. The number of anilines is 1. The van der Waals surface area contributed by atoms with Crippen molar-refractivity contribution < 1.29 is 14.3 Å². The van der Waals surface area contributed by atoms with Gasteiger partial charge in [0.25, 0.3) is 0 Å². The number of ether oxygens (including phenoxy) is 1. The summed E-state index contributed by atoms with van der Waals surface area (Å²) in [5.41, 5.74) is 5.78. The Morgan fingerprint density at radius 1 is 1.55 bits per heavy atom. The molecule has 2 heterocycles. The van der Waals surface area contributed by atoms with Crippen LogP contribution in [0.25, 0.3) is 0 Å². The molecule has 1 atom stereocenters. The van der Waals surface area contributed by atoms with Gasteiger partial charge in [-0.05, 0) is 25.0 Å². The molecule has 0 unspecified atom stereocenters. The standard InChI is InChI=1S/C13H18N4O3/c1-20-12-10(5-2-6-15-12)16-11(18)9-4-3-7-17(8-9)13(14)19/h2,5-6,9H,3-4,7-8H2,1H3,(H2,14,19)(H,16,18)/t9-/m1/s1. The number of pyridine rings is 1. The van der Waals surface area contributed by atoms with Crippen LogP contribution in [0.4, 0.5) is 10.5 Å². The lowest BCUT2D eigenvalue weighted by atomic mass is 9.97. The first-order valence-corrected chi connectivity index (χ1v) is 6.46. The Morgan fingerprint density at radius 2 is 2.35 bits per heavy atom. The minimum Gasteiger partial charge on any atom is -0.480 e. The van der Waals surface area contributed by atoms with E-state index in [4.69, 9.17) is 10.5 Å². The summed E-state index contributed by atoms with van der Waals surface area (Å²) >= 11 is 0. The van der Waals surface area contributed by atoms with Gasteiger partial charge in [-0.1, -0.05) is 0 Å². The van der Waals surface area contributed by atoms with Gasteiger partial charge in [0.1, 0.15) is 5.69 Å². The maximum atomic E-state index is 12.2. The molecule has 0 radical (unpaired) electrons. The minimum absolute atomic E-state index is 0.151. The molecule has 0 aliphatic carbocycles. The zero-order valence-electron chi connectivity index (χ0n) is 11.3. The Morgan fingerprint density at radius 3 is 3.05 bits per heavy atom. The van der Waals surface area contributed by atoms with Crippen LogP contribution in [0.15, 0.2) is 18.3 Å². The lowest BCUT2D eigenvalue weighted by Gasteiger charge is -2.30. The normalized spacial score (nSPS) is 18.4. The van der Waals surface area contributed by atoms with E-state index in [-0.39, 0.29) is 11.8 Å². The highest BCUT2D eigenvalue weighted by atomic mass is 16.5. The van der Waals surface area contributed by atoms with E-state index in [9.17, 15) is 9.59 Å². The van der Waals surface area contributed by atoms with Crippen molar-refractivity contribution in [2.45, 2.75) is 12.8 Å². The van der Waals surface area contributed by atoms with Crippen LogP contribution in [0.5, 0.6) is 5.88 Å². The Balaban J connectivity index is 2.02. The second-order valence-electron chi connectivity index (χ2n) is 4.67. The fraction of sp³-hybridized carbons (Fsp3) is 0.462. The van der Waals surface area contributed by atoms with Gasteiger partial charge in [-0.25, -0.2) is 9.78 Å². The van der Waals surface area contributed by atoms with Crippen molar-refractivity contribution in [2.24, 2.45) is 11.7 Å². The predicted octanol–water partition coefficient (Wildman–Crippen LogP) is 0.819. The molecule has 0 spiro atoms. The van der Waals surface area contributed by atoms with Crippen LogP contribution >= 0.6 is 0 Å². The fourth-order valence-corrected chi connectivity index (χ4v) is 2.27. The van der Waals surface area contributed by atoms with Gasteiger partial charge in [-0.15, -0.1) is 0 Å². The van der Waals surface area contributed by atoms with Gasteiger partial charge in [0.15, 0.2) is 0 Å². The topological polar surface area (TPSA) is 97.6 Å². The molecule has 7 heteroatoms. The molecule has 1 aliphatic heterocycles. The van der Waals surface area contributed by atoms with Crippen molar-refractivity contribution in [1.29, 1.82) is 0 Å². The summed E-state index contributed by atoms with van der Waals surface area (Å²) < 4.78 is 5.08. The number of nitrogens with two attached hydrogens (primary N) is 1. The quantitative estimate of drug-likeness (QED) is 0.855. The van der Waals surface area contributed by atoms with Gasteiger partial charge in [-0.3, -0.25) is 4.79 Å². The Labute approximate surface area is 117 Å². The molecule has 0 saturated carbocycles. The lowest BCUT2D eigenvalue weighted by Crippen LogP contribution is -2.46. The number of urea groups is 1. The van der Waals surface area contributed by atoms with Crippen molar-refractivity contribution in [3.8, 4) is 5.88 Å². The number of nitrogens with one attached hydrogen (secondary N) is 1. The number of likely N-dealkylation sites (tertiary alicyclic amines) is 1. The second kappa shape index (κ2) is 6.23. The summed E-state index contributed by atoms with van der Waals surface area (Å²) in [5, 5.41) is 2.79. The molecule has 3 amide bonds. The predicted molar refractivity (Wildman–Crippen MR) is 73.3 cm³/mol. The molecule has 1 fully saturated rings. The van der Waals surface area contributed by atoms with Crippen LogP contribution in [0.3, 0.4) is 0 Å².